The van der Waals surface area contributed by atoms with Crippen molar-refractivity contribution in [3.05, 3.63) is 69.3 Å². The lowest BCUT2D eigenvalue weighted by atomic mass is 9.99. The van der Waals surface area contributed by atoms with Gasteiger partial charge < -0.3 is 9.47 Å². The van der Waals surface area contributed by atoms with E-state index in [0.717, 1.165) is 56.7 Å². The molecule has 1 amide bonds. The van der Waals surface area contributed by atoms with Gasteiger partial charge in [-0.3, -0.25) is 14.5 Å². The highest BCUT2D eigenvalue weighted by molar-refractivity contribution is 5.99. The molecule has 0 radical (unpaired) electrons. The topological polar surface area (TPSA) is 62.9 Å². The number of aromatic nitrogens is 3. The van der Waals surface area contributed by atoms with Crippen LogP contribution in [0.3, 0.4) is 0 Å². The van der Waals surface area contributed by atoms with Crippen LogP contribution in [0.1, 0.15) is 46.9 Å². The van der Waals surface area contributed by atoms with Crippen LogP contribution in [0, 0.1) is 5.92 Å². The zero-order valence-electron chi connectivity index (χ0n) is 18.3. The highest BCUT2D eigenvalue weighted by Gasteiger charge is 2.29. The van der Waals surface area contributed by atoms with E-state index >= 15 is 0 Å². The van der Waals surface area contributed by atoms with Crippen LogP contribution in [-0.4, -0.2) is 49.5 Å². The molecule has 0 aliphatic carbocycles. The summed E-state index contributed by atoms with van der Waals surface area (Å²) in [5.74, 6) is 0.640. The minimum absolute atomic E-state index is 0.0154. The van der Waals surface area contributed by atoms with Crippen molar-refractivity contribution in [1.82, 2.24) is 24.0 Å². The van der Waals surface area contributed by atoms with E-state index in [1.165, 1.54) is 10.1 Å². The Morgan fingerprint density at radius 2 is 1.87 bits per heavy atom. The first kappa shape index (κ1) is 20.0. The summed E-state index contributed by atoms with van der Waals surface area (Å²) in [4.78, 5) is 30.7. The molecule has 0 unspecified atom stereocenters. The maximum Gasteiger partial charge on any atom is 0.279 e. The monoisotopic (exact) mass is 419 g/mol. The summed E-state index contributed by atoms with van der Waals surface area (Å²) in [7, 11) is 1.96. The molecule has 2 aliphatic heterocycles. The number of likely N-dealkylation sites (tertiary alicyclic amines) is 1. The largest absolute Gasteiger partial charge is 0.338 e. The number of benzene rings is 1. The van der Waals surface area contributed by atoms with Crippen LogP contribution in [0.15, 0.2) is 41.3 Å². The minimum Gasteiger partial charge on any atom is -0.338 e. The molecule has 1 fully saturated rings. The van der Waals surface area contributed by atoms with Gasteiger partial charge in [-0.1, -0.05) is 37.3 Å². The maximum absolute atomic E-state index is 13.3. The van der Waals surface area contributed by atoms with Gasteiger partial charge in [0.05, 0.1) is 11.8 Å². The summed E-state index contributed by atoms with van der Waals surface area (Å²) >= 11 is 0. The normalized spacial score (nSPS) is 17.8. The summed E-state index contributed by atoms with van der Waals surface area (Å²) in [5.41, 5.74) is 4.08. The molecule has 1 saturated heterocycles. The number of piperidine rings is 1. The van der Waals surface area contributed by atoms with Crippen LogP contribution in [0.4, 0.5) is 0 Å². The van der Waals surface area contributed by atoms with Gasteiger partial charge in [-0.15, -0.1) is 0 Å². The fraction of sp³-hybridized carbons (Fsp3) is 0.458. The second kappa shape index (κ2) is 7.96. The van der Waals surface area contributed by atoms with E-state index in [4.69, 9.17) is 0 Å². The second-order valence-electron chi connectivity index (χ2n) is 9.00. The Balaban J connectivity index is 1.47. The van der Waals surface area contributed by atoms with Crippen molar-refractivity contribution in [2.75, 3.05) is 19.6 Å². The van der Waals surface area contributed by atoms with Gasteiger partial charge in [0, 0.05) is 51.9 Å². The van der Waals surface area contributed by atoms with E-state index < -0.39 is 0 Å². The Hall–Kier alpha value is -2.93. The molecule has 4 heterocycles. The first-order chi connectivity index (χ1) is 15.0. The van der Waals surface area contributed by atoms with Gasteiger partial charge in [0.15, 0.2) is 5.65 Å². The van der Waals surface area contributed by atoms with Crippen molar-refractivity contribution in [2.45, 2.75) is 39.3 Å². The lowest BCUT2D eigenvalue weighted by molar-refractivity contribution is 0.0698. The van der Waals surface area contributed by atoms with Crippen LogP contribution in [-0.2, 0) is 26.6 Å². The molecule has 0 bridgehead atoms. The van der Waals surface area contributed by atoms with E-state index in [-0.39, 0.29) is 11.5 Å². The van der Waals surface area contributed by atoms with E-state index in [9.17, 15) is 9.59 Å². The highest BCUT2D eigenvalue weighted by atomic mass is 16.2. The molecular formula is C24H29N5O2. The number of carbonyl (C=O) groups is 1. The average Bonchev–Trinajstić information content (AvgIpc) is 3.24. The van der Waals surface area contributed by atoms with Gasteiger partial charge in [-0.25, -0.2) is 0 Å². The van der Waals surface area contributed by atoms with Crippen molar-refractivity contribution in [2.24, 2.45) is 13.0 Å². The fourth-order valence-corrected chi connectivity index (χ4v) is 4.95. The maximum atomic E-state index is 13.3. The number of nitrogens with zero attached hydrogens (tertiary/aromatic N) is 5. The van der Waals surface area contributed by atoms with Crippen LogP contribution in [0.5, 0.6) is 0 Å². The van der Waals surface area contributed by atoms with Crippen molar-refractivity contribution in [3.8, 4) is 0 Å². The van der Waals surface area contributed by atoms with Crippen molar-refractivity contribution in [1.29, 1.82) is 0 Å². The molecule has 2 aromatic heterocycles. The van der Waals surface area contributed by atoms with E-state index in [2.05, 4.69) is 29.1 Å². The SMILES string of the molecule is CC1CCN(C(=O)c2cnn3c(=O)c4c(n(C)c23)CCN(Cc2ccccc2)C4)CC1. The number of carbonyl (C=O) groups excluding carboxylic acids is 1. The quantitative estimate of drug-likeness (QED) is 0.654. The predicted octanol–water partition coefficient (Wildman–Crippen LogP) is 2.46. The number of hydrogen-bond acceptors (Lipinski definition) is 4. The molecule has 31 heavy (non-hydrogen) atoms. The zero-order valence-corrected chi connectivity index (χ0v) is 18.3. The Bertz CT molecular complexity index is 1170. The van der Waals surface area contributed by atoms with Crippen LogP contribution in [0.25, 0.3) is 5.65 Å². The molecule has 1 aromatic carbocycles. The number of fused-ring (bicyclic) bond motifs is 2. The Kier molecular flexibility index (Phi) is 5.14. The Morgan fingerprint density at radius 1 is 1.13 bits per heavy atom. The molecular weight excluding hydrogens is 390 g/mol. The minimum atomic E-state index is -0.104. The van der Waals surface area contributed by atoms with Gasteiger partial charge in [-0.2, -0.15) is 9.61 Å². The van der Waals surface area contributed by atoms with Crippen LogP contribution in [0.2, 0.25) is 0 Å². The van der Waals surface area contributed by atoms with Gasteiger partial charge in [0.25, 0.3) is 11.5 Å². The highest BCUT2D eigenvalue weighted by Crippen LogP contribution is 2.23. The summed E-state index contributed by atoms with van der Waals surface area (Å²) in [6, 6.07) is 10.3. The standard InChI is InChI=1S/C24H29N5O2/c1-17-8-12-28(13-9-17)23(30)19-14-25-29-22(19)26(2)21-10-11-27(16-20(21)24(29)31)15-18-6-4-3-5-7-18/h3-7,14,17H,8-13,15-16H2,1-2H3. The fourth-order valence-electron chi connectivity index (χ4n) is 4.95. The second-order valence-corrected chi connectivity index (χ2v) is 9.00. The van der Waals surface area contributed by atoms with E-state index in [0.29, 0.717) is 23.7 Å². The van der Waals surface area contributed by atoms with Crippen LogP contribution < -0.4 is 5.56 Å². The molecule has 2 aliphatic rings. The smallest absolute Gasteiger partial charge is 0.279 e. The van der Waals surface area contributed by atoms with Crippen molar-refractivity contribution < 1.29 is 4.79 Å². The molecule has 5 rings (SSSR count). The van der Waals surface area contributed by atoms with Gasteiger partial charge in [0.1, 0.15) is 5.56 Å². The number of amides is 1. The molecule has 0 spiro atoms. The lowest BCUT2D eigenvalue weighted by Gasteiger charge is -2.31. The predicted molar refractivity (Wildman–Crippen MR) is 119 cm³/mol. The summed E-state index contributed by atoms with van der Waals surface area (Å²) in [6.07, 6.45) is 4.40. The summed E-state index contributed by atoms with van der Waals surface area (Å²) in [5, 5.41) is 4.34. The molecule has 162 valence electrons. The van der Waals surface area contributed by atoms with Crippen LogP contribution >= 0.6 is 0 Å². The van der Waals surface area contributed by atoms with Gasteiger partial charge in [0.2, 0.25) is 0 Å². The third-order valence-electron chi connectivity index (χ3n) is 6.86. The third kappa shape index (κ3) is 3.57. The zero-order chi connectivity index (χ0) is 21.5. The Labute approximate surface area is 181 Å². The average molecular weight is 420 g/mol. The lowest BCUT2D eigenvalue weighted by Crippen LogP contribution is -2.39. The third-order valence-corrected chi connectivity index (χ3v) is 6.86. The molecule has 3 aromatic rings. The molecule has 0 saturated carbocycles. The van der Waals surface area contributed by atoms with E-state index in [1.807, 2.05) is 34.7 Å². The Morgan fingerprint density at radius 3 is 2.61 bits per heavy atom. The van der Waals surface area contributed by atoms with Gasteiger partial charge in [-0.05, 0) is 24.3 Å². The first-order valence-corrected chi connectivity index (χ1v) is 11.2. The first-order valence-electron chi connectivity index (χ1n) is 11.2. The van der Waals surface area contributed by atoms with Crippen molar-refractivity contribution in [3.63, 3.8) is 0 Å². The number of aryl methyl sites for hydroxylation is 1. The van der Waals surface area contributed by atoms with Crippen molar-refractivity contribution >= 4 is 11.6 Å². The summed E-state index contributed by atoms with van der Waals surface area (Å²) in [6.45, 7) is 6.06. The number of hydrogen-bond donors (Lipinski definition) is 0. The molecule has 0 atom stereocenters. The van der Waals surface area contributed by atoms with Gasteiger partial charge >= 0.3 is 0 Å². The number of rotatable bonds is 3. The molecule has 7 heteroatoms. The molecule has 0 N–H and O–H groups in total. The molecule has 7 nitrogen and oxygen atoms in total. The van der Waals surface area contributed by atoms with E-state index in [1.54, 1.807) is 6.20 Å². The summed E-state index contributed by atoms with van der Waals surface area (Å²) < 4.78 is 3.44.